The molecule has 1 aromatic heterocycles. The molecular formula is C13H16N2. The highest BCUT2D eigenvalue weighted by atomic mass is 15.3. The van der Waals surface area contributed by atoms with Gasteiger partial charge in [-0.1, -0.05) is 37.3 Å². The number of aryl methyl sites for hydroxylation is 1. The van der Waals surface area contributed by atoms with E-state index in [-0.39, 0.29) is 0 Å². The Kier molecular flexibility index (Phi) is 2.58. The molecule has 2 rings (SSSR count). The molecule has 0 N–H and O–H groups in total. The fourth-order valence-corrected chi connectivity index (χ4v) is 1.90. The minimum atomic E-state index is 1.03. The molecule has 0 spiro atoms. The van der Waals surface area contributed by atoms with E-state index in [0.29, 0.717) is 0 Å². The third-order valence-electron chi connectivity index (χ3n) is 2.86. The summed E-state index contributed by atoms with van der Waals surface area (Å²) in [5, 5.41) is 4.57. The van der Waals surface area contributed by atoms with E-state index < -0.39 is 0 Å². The quantitative estimate of drug-likeness (QED) is 0.728. The lowest BCUT2D eigenvalue weighted by molar-refractivity contribution is 0.740. The van der Waals surface area contributed by atoms with E-state index >= 15 is 0 Å². The van der Waals surface area contributed by atoms with Crippen molar-refractivity contribution in [1.82, 2.24) is 9.78 Å². The lowest BCUT2D eigenvalue weighted by atomic mass is 10.0. The van der Waals surface area contributed by atoms with Gasteiger partial charge in [0.05, 0.1) is 5.69 Å². The highest BCUT2D eigenvalue weighted by molar-refractivity contribution is 5.63. The van der Waals surface area contributed by atoms with Gasteiger partial charge in [0.15, 0.2) is 0 Å². The molecule has 0 saturated carbocycles. The number of hydrogen-bond acceptors (Lipinski definition) is 1. The molecule has 15 heavy (non-hydrogen) atoms. The second-order valence-electron chi connectivity index (χ2n) is 3.76. The molecule has 0 bridgehead atoms. The van der Waals surface area contributed by atoms with Crippen LogP contribution < -0.4 is 0 Å². The molecule has 0 unspecified atom stereocenters. The first-order valence-electron chi connectivity index (χ1n) is 5.32. The Morgan fingerprint density at radius 2 is 1.87 bits per heavy atom. The molecule has 0 saturated heterocycles. The van der Waals surface area contributed by atoms with E-state index in [1.165, 1.54) is 16.8 Å². The molecule has 78 valence electrons. The van der Waals surface area contributed by atoms with Gasteiger partial charge in [-0.2, -0.15) is 5.10 Å². The van der Waals surface area contributed by atoms with Crippen molar-refractivity contribution < 1.29 is 0 Å². The summed E-state index contributed by atoms with van der Waals surface area (Å²) in [6, 6.07) is 10.4. The van der Waals surface area contributed by atoms with Gasteiger partial charge in [0.2, 0.25) is 0 Å². The fraction of sp³-hybridized carbons (Fsp3) is 0.308. The summed E-state index contributed by atoms with van der Waals surface area (Å²) in [6.45, 7) is 4.30. The van der Waals surface area contributed by atoms with Gasteiger partial charge >= 0.3 is 0 Å². The number of hydrogen-bond donors (Lipinski definition) is 0. The van der Waals surface area contributed by atoms with Crippen molar-refractivity contribution in [2.75, 3.05) is 0 Å². The summed E-state index contributed by atoms with van der Waals surface area (Å²) in [6.07, 6.45) is 1.03. The molecular weight excluding hydrogens is 184 g/mol. The summed E-state index contributed by atoms with van der Waals surface area (Å²) in [5.41, 5.74) is 4.94. The third kappa shape index (κ3) is 1.67. The maximum Gasteiger partial charge on any atom is 0.0957 e. The largest absolute Gasteiger partial charge is 0.272 e. The van der Waals surface area contributed by atoms with E-state index in [2.05, 4.69) is 43.2 Å². The zero-order chi connectivity index (χ0) is 10.8. The van der Waals surface area contributed by atoms with Crippen molar-refractivity contribution in [3.8, 4) is 11.3 Å². The number of aromatic nitrogens is 2. The van der Waals surface area contributed by atoms with Gasteiger partial charge in [-0.25, -0.2) is 0 Å². The fourth-order valence-electron chi connectivity index (χ4n) is 1.90. The van der Waals surface area contributed by atoms with E-state index in [4.69, 9.17) is 0 Å². The van der Waals surface area contributed by atoms with Gasteiger partial charge in [0.1, 0.15) is 0 Å². The molecule has 1 heterocycles. The zero-order valence-electron chi connectivity index (χ0n) is 9.49. The summed E-state index contributed by atoms with van der Waals surface area (Å²) < 4.78 is 1.96. The molecule has 0 atom stereocenters. The normalized spacial score (nSPS) is 10.6. The van der Waals surface area contributed by atoms with Crippen LogP contribution in [0, 0.1) is 6.92 Å². The Balaban J connectivity index is 2.58. The van der Waals surface area contributed by atoms with Gasteiger partial charge in [0, 0.05) is 23.9 Å². The molecule has 0 aliphatic heterocycles. The lowest BCUT2D eigenvalue weighted by Gasteiger charge is -1.99. The van der Waals surface area contributed by atoms with Crippen LogP contribution in [-0.4, -0.2) is 9.78 Å². The van der Waals surface area contributed by atoms with Crippen molar-refractivity contribution in [3.63, 3.8) is 0 Å². The molecule has 0 fully saturated rings. The Bertz CT molecular complexity index is 455. The molecule has 0 aliphatic carbocycles. The summed E-state index contributed by atoms with van der Waals surface area (Å²) in [4.78, 5) is 0. The maximum atomic E-state index is 4.57. The van der Waals surface area contributed by atoms with Gasteiger partial charge < -0.3 is 0 Å². The number of nitrogens with zero attached hydrogens (tertiary/aromatic N) is 2. The van der Waals surface area contributed by atoms with E-state index in [0.717, 1.165) is 12.1 Å². The van der Waals surface area contributed by atoms with Crippen LogP contribution in [0.25, 0.3) is 11.3 Å². The van der Waals surface area contributed by atoms with Crippen LogP contribution in [0.2, 0.25) is 0 Å². The standard InChI is InChI=1S/C13H16N2/c1-4-12-10(2)15(3)14-13(12)11-8-6-5-7-9-11/h5-9H,4H2,1-3H3. The van der Waals surface area contributed by atoms with Crippen LogP contribution in [0.4, 0.5) is 0 Å². The monoisotopic (exact) mass is 200 g/mol. The SMILES string of the molecule is CCc1c(-c2ccccc2)nn(C)c1C. The maximum absolute atomic E-state index is 4.57. The first-order valence-corrected chi connectivity index (χ1v) is 5.32. The average Bonchev–Trinajstić information content (AvgIpc) is 2.56. The molecule has 0 amide bonds. The highest BCUT2D eigenvalue weighted by Gasteiger charge is 2.11. The number of benzene rings is 1. The molecule has 2 heteroatoms. The van der Waals surface area contributed by atoms with Crippen LogP contribution >= 0.6 is 0 Å². The Labute approximate surface area is 90.6 Å². The molecule has 2 nitrogen and oxygen atoms in total. The third-order valence-corrected chi connectivity index (χ3v) is 2.86. The minimum absolute atomic E-state index is 1.03. The van der Waals surface area contributed by atoms with Gasteiger partial charge in [0.25, 0.3) is 0 Å². The predicted molar refractivity (Wildman–Crippen MR) is 62.8 cm³/mol. The second kappa shape index (κ2) is 3.89. The summed E-state index contributed by atoms with van der Waals surface area (Å²) >= 11 is 0. The first-order chi connectivity index (χ1) is 7.24. The van der Waals surface area contributed by atoms with Crippen LogP contribution in [-0.2, 0) is 13.5 Å². The number of rotatable bonds is 2. The topological polar surface area (TPSA) is 17.8 Å². The van der Waals surface area contributed by atoms with Crippen LogP contribution in [0.5, 0.6) is 0 Å². The first kappa shape index (κ1) is 9.97. The van der Waals surface area contributed by atoms with Crippen molar-refractivity contribution in [2.45, 2.75) is 20.3 Å². The average molecular weight is 200 g/mol. The molecule has 0 aliphatic rings. The molecule has 1 aromatic carbocycles. The van der Waals surface area contributed by atoms with Crippen molar-refractivity contribution in [1.29, 1.82) is 0 Å². The van der Waals surface area contributed by atoms with Crippen molar-refractivity contribution >= 4 is 0 Å². The van der Waals surface area contributed by atoms with Gasteiger partial charge in [-0.3, -0.25) is 4.68 Å². The van der Waals surface area contributed by atoms with Gasteiger partial charge in [-0.05, 0) is 13.3 Å². The zero-order valence-corrected chi connectivity index (χ0v) is 9.49. The second-order valence-corrected chi connectivity index (χ2v) is 3.76. The molecule has 2 aromatic rings. The van der Waals surface area contributed by atoms with Crippen molar-refractivity contribution in [3.05, 3.63) is 41.6 Å². The van der Waals surface area contributed by atoms with E-state index in [1.54, 1.807) is 0 Å². The van der Waals surface area contributed by atoms with E-state index in [1.807, 2.05) is 17.8 Å². The Morgan fingerprint density at radius 3 is 2.47 bits per heavy atom. The van der Waals surface area contributed by atoms with Crippen LogP contribution in [0.15, 0.2) is 30.3 Å². The predicted octanol–water partition coefficient (Wildman–Crippen LogP) is 2.96. The van der Waals surface area contributed by atoms with Crippen LogP contribution in [0.1, 0.15) is 18.2 Å². The lowest BCUT2D eigenvalue weighted by Crippen LogP contribution is -1.93. The van der Waals surface area contributed by atoms with Crippen molar-refractivity contribution in [2.24, 2.45) is 7.05 Å². The minimum Gasteiger partial charge on any atom is -0.272 e. The van der Waals surface area contributed by atoms with Crippen LogP contribution in [0.3, 0.4) is 0 Å². The Morgan fingerprint density at radius 1 is 1.20 bits per heavy atom. The Hall–Kier alpha value is -1.57. The molecule has 0 radical (unpaired) electrons. The smallest absolute Gasteiger partial charge is 0.0957 e. The van der Waals surface area contributed by atoms with Gasteiger partial charge in [-0.15, -0.1) is 0 Å². The summed E-state index contributed by atoms with van der Waals surface area (Å²) in [5.74, 6) is 0. The highest BCUT2D eigenvalue weighted by Crippen LogP contribution is 2.24. The van der Waals surface area contributed by atoms with E-state index in [9.17, 15) is 0 Å². The summed E-state index contributed by atoms with van der Waals surface area (Å²) in [7, 11) is 2.00.